The molecule has 5 heteroatoms. The molecule has 0 aromatic heterocycles. The number of carbonyl (C=O) groups excluding carboxylic acids is 1. The van der Waals surface area contributed by atoms with Crippen LogP contribution in [0.2, 0.25) is 0 Å². The lowest BCUT2D eigenvalue weighted by molar-refractivity contribution is -0.535. The molecular formula is C22H37NO4. The first kappa shape index (κ1) is 25.2. The SMILES string of the molecule is CCCCC/C=C\C/C=C\C/C=C\CC(O)C(CCCCCC=O)[N+](=O)[O-]. The summed E-state index contributed by atoms with van der Waals surface area (Å²) in [4.78, 5) is 21.0. The number of aliphatic hydroxyl groups excluding tert-OH is 1. The van der Waals surface area contributed by atoms with Crippen LogP contribution in [0.1, 0.15) is 84.0 Å². The zero-order valence-corrected chi connectivity index (χ0v) is 16.8. The lowest BCUT2D eigenvalue weighted by Gasteiger charge is -2.14. The van der Waals surface area contributed by atoms with Gasteiger partial charge in [-0.15, -0.1) is 0 Å². The Labute approximate surface area is 164 Å². The number of hydrogen-bond acceptors (Lipinski definition) is 4. The van der Waals surface area contributed by atoms with Crippen LogP contribution >= 0.6 is 0 Å². The van der Waals surface area contributed by atoms with Crippen molar-refractivity contribution in [3.05, 3.63) is 46.6 Å². The number of rotatable bonds is 18. The molecule has 0 aromatic rings. The topological polar surface area (TPSA) is 80.4 Å². The monoisotopic (exact) mass is 379 g/mol. The molecule has 27 heavy (non-hydrogen) atoms. The average Bonchev–Trinajstić information content (AvgIpc) is 2.65. The molecule has 0 saturated heterocycles. The number of carbonyl (C=O) groups is 1. The normalized spacial score (nSPS) is 14.3. The zero-order chi connectivity index (χ0) is 20.2. The smallest absolute Gasteiger partial charge is 0.238 e. The second kappa shape index (κ2) is 19.0. The van der Waals surface area contributed by atoms with E-state index in [1.54, 1.807) is 0 Å². The van der Waals surface area contributed by atoms with Crippen molar-refractivity contribution in [1.29, 1.82) is 0 Å². The van der Waals surface area contributed by atoms with E-state index in [1.807, 2.05) is 12.2 Å². The van der Waals surface area contributed by atoms with Gasteiger partial charge >= 0.3 is 0 Å². The fraction of sp³-hybridized carbons (Fsp3) is 0.682. The van der Waals surface area contributed by atoms with Crippen LogP contribution in [0.5, 0.6) is 0 Å². The molecule has 5 nitrogen and oxygen atoms in total. The van der Waals surface area contributed by atoms with E-state index in [2.05, 4.69) is 31.2 Å². The first-order chi connectivity index (χ1) is 13.1. The third-order valence-corrected chi connectivity index (χ3v) is 4.43. The summed E-state index contributed by atoms with van der Waals surface area (Å²) in [6, 6.07) is -0.931. The van der Waals surface area contributed by atoms with Crippen LogP contribution in [0, 0.1) is 10.1 Å². The van der Waals surface area contributed by atoms with Crippen LogP contribution < -0.4 is 0 Å². The number of nitrogens with zero attached hydrogens (tertiary/aromatic N) is 1. The Bertz CT molecular complexity index is 457. The molecule has 0 spiro atoms. The highest BCUT2D eigenvalue weighted by Crippen LogP contribution is 2.13. The Morgan fingerprint density at radius 1 is 0.889 bits per heavy atom. The molecule has 0 aliphatic rings. The molecule has 0 radical (unpaired) electrons. The molecule has 0 aliphatic carbocycles. The van der Waals surface area contributed by atoms with Gasteiger partial charge in [-0.3, -0.25) is 10.1 Å². The van der Waals surface area contributed by atoms with Gasteiger partial charge in [-0.1, -0.05) is 62.6 Å². The quantitative estimate of drug-likeness (QED) is 0.111. The molecule has 0 aromatic carbocycles. The van der Waals surface area contributed by atoms with Crippen molar-refractivity contribution in [2.45, 2.75) is 96.1 Å². The number of allylic oxidation sites excluding steroid dienone is 5. The molecular weight excluding hydrogens is 342 g/mol. The van der Waals surface area contributed by atoms with E-state index >= 15 is 0 Å². The van der Waals surface area contributed by atoms with Gasteiger partial charge < -0.3 is 9.90 Å². The molecule has 0 fully saturated rings. The minimum absolute atomic E-state index is 0.297. The van der Waals surface area contributed by atoms with E-state index in [1.165, 1.54) is 19.3 Å². The molecule has 0 aliphatic heterocycles. The third-order valence-electron chi connectivity index (χ3n) is 4.43. The number of unbranched alkanes of at least 4 members (excludes halogenated alkanes) is 6. The summed E-state index contributed by atoms with van der Waals surface area (Å²) in [5, 5.41) is 21.2. The zero-order valence-electron chi connectivity index (χ0n) is 16.8. The van der Waals surface area contributed by atoms with Crippen molar-refractivity contribution >= 4 is 6.29 Å². The number of nitro groups is 1. The van der Waals surface area contributed by atoms with Crippen LogP contribution in [-0.4, -0.2) is 28.5 Å². The molecule has 154 valence electrons. The Balaban J connectivity index is 3.93. The highest BCUT2D eigenvalue weighted by molar-refractivity contribution is 5.48. The van der Waals surface area contributed by atoms with Gasteiger partial charge in [-0.2, -0.15) is 0 Å². The van der Waals surface area contributed by atoms with Crippen molar-refractivity contribution in [2.75, 3.05) is 0 Å². The lowest BCUT2D eigenvalue weighted by Crippen LogP contribution is -2.33. The van der Waals surface area contributed by atoms with E-state index < -0.39 is 12.1 Å². The highest BCUT2D eigenvalue weighted by Gasteiger charge is 2.27. The van der Waals surface area contributed by atoms with Gasteiger partial charge in [-0.25, -0.2) is 0 Å². The maximum Gasteiger partial charge on any atom is 0.238 e. The van der Waals surface area contributed by atoms with Crippen LogP contribution in [0.15, 0.2) is 36.5 Å². The summed E-state index contributed by atoms with van der Waals surface area (Å²) in [6.45, 7) is 2.20. The van der Waals surface area contributed by atoms with Gasteiger partial charge in [0.2, 0.25) is 6.04 Å². The third kappa shape index (κ3) is 16.2. The minimum Gasteiger partial charge on any atom is -0.386 e. The Kier molecular flexibility index (Phi) is 17.8. The molecule has 0 bridgehead atoms. The summed E-state index contributed by atoms with van der Waals surface area (Å²) >= 11 is 0. The molecule has 0 heterocycles. The van der Waals surface area contributed by atoms with E-state index in [0.29, 0.717) is 25.7 Å². The van der Waals surface area contributed by atoms with E-state index in [9.17, 15) is 20.0 Å². The largest absolute Gasteiger partial charge is 0.386 e. The summed E-state index contributed by atoms with van der Waals surface area (Å²) < 4.78 is 0. The fourth-order valence-corrected chi connectivity index (χ4v) is 2.76. The van der Waals surface area contributed by atoms with Crippen LogP contribution in [0.4, 0.5) is 0 Å². The lowest BCUT2D eigenvalue weighted by atomic mass is 10.0. The van der Waals surface area contributed by atoms with Crippen LogP contribution in [0.25, 0.3) is 0 Å². The standard InChI is InChI=1S/C22H37NO4/c1-2-3-4-5-6-7-8-9-10-11-12-16-19-22(25)21(23(26)27)18-15-13-14-17-20-24/h6-7,9-10,12,16,20-22,25H,2-5,8,11,13-15,17-19H2,1H3/b7-6-,10-9-,16-12-. The highest BCUT2D eigenvalue weighted by atomic mass is 16.6. The summed E-state index contributed by atoms with van der Waals surface area (Å²) in [5.41, 5.74) is 0. The second-order valence-corrected chi connectivity index (χ2v) is 6.84. The van der Waals surface area contributed by atoms with Gasteiger partial charge in [0.1, 0.15) is 12.4 Å². The van der Waals surface area contributed by atoms with Crippen molar-refractivity contribution in [3.63, 3.8) is 0 Å². The molecule has 2 unspecified atom stereocenters. The van der Waals surface area contributed by atoms with Crippen LogP contribution in [-0.2, 0) is 4.79 Å². The summed E-state index contributed by atoms with van der Waals surface area (Å²) in [5.74, 6) is 0. The van der Waals surface area contributed by atoms with Crippen LogP contribution in [0.3, 0.4) is 0 Å². The first-order valence-corrected chi connectivity index (χ1v) is 10.3. The predicted molar refractivity (Wildman–Crippen MR) is 111 cm³/mol. The fourth-order valence-electron chi connectivity index (χ4n) is 2.76. The summed E-state index contributed by atoms with van der Waals surface area (Å²) in [6.07, 6.45) is 22.2. The maximum atomic E-state index is 11.1. The van der Waals surface area contributed by atoms with Gasteiger partial charge in [-0.05, 0) is 44.9 Å². The molecule has 0 rings (SSSR count). The molecule has 2 atom stereocenters. The number of aliphatic hydroxyl groups is 1. The van der Waals surface area contributed by atoms with Gasteiger partial charge in [0.05, 0.1) is 0 Å². The van der Waals surface area contributed by atoms with Crippen molar-refractivity contribution < 1.29 is 14.8 Å². The maximum absolute atomic E-state index is 11.1. The van der Waals surface area contributed by atoms with Crippen molar-refractivity contribution in [3.8, 4) is 0 Å². The van der Waals surface area contributed by atoms with Crippen molar-refractivity contribution in [1.82, 2.24) is 0 Å². The number of hydrogen-bond donors (Lipinski definition) is 1. The van der Waals surface area contributed by atoms with E-state index in [0.717, 1.165) is 38.4 Å². The predicted octanol–water partition coefficient (Wildman–Crippen LogP) is 5.56. The van der Waals surface area contributed by atoms with Crippen molar-refractivity contribution in [2.24, 2.45) is 0 Å². The second-order valence-electron chi connectivity index (χ2n) is 6.84. The van der Waals surface area contributed by atoms with E-state index in [-0.39, 0.29) is 4.92 Å². The number of aldehydes is 1. The molecule has 1 N–H and O–H groups in total. The first-order valence-electron chi connectivity index (χ1n) is 10.3. The summed E-state index contributed by atoms with van der Waals surface area (Å²) in [7, 11) is 0. The van der Waals surface area contributed by atoms with E-state index in [4.69, 9.17) is 0 Å². The Hall–Kier alpha value is -1.75. The Morgan fingerprint density at radius 3 is 2.15 bits per heavy atom. The van der Waals surface area contributed by atoms with Gasteiger partial charge in [0.15, 0.2) is 0 Å². The van der Waals surface area contributed by atoms with Gasteiger partial charge in [0, 0.05) is 17.8 Å². The molecule has 0 saturated carbocycles. The van der Waals surface area contributed by atoms with Gasteiger partial charge in [0.25, 0.3) is 0 Å². The molecule has 0 amide bonds. The average molecular weight is 380 g/mol. The Morgan fingerprint density at radius 2 is 1.52 bits per heavy atom. The minimum atomic E-state index is -0.961.